The van der Waals surface area contributed by atoms with Gasteiger partial charge in [-0.15, -0.1) is 0 Å². The van der Waals surface area contributed by atoms with E-state index in [1.54, 1.807) is 4.57 Å². The van der Waals surface area contributed by atoms with Gasteiger partial charge in [-0.2, -0.15) is 0 Å². The van der Waals surface area contributed by atoms with E-state index in [-0.39, 0.29) is 22.6 Å². The van der Waals surface area contributed by atoms with Crippen LogP contribution in [0.5, 0.6) is 0 Å². The third-order valence-electron chi connectivity index (χ3n) is 2.77. The SMILES string of the molecule is CCOC(C)CNC(=O)c1cc(S(N)(=O)=O)cn1CC. The molecule has 0 radical (unpaired) electrons. The second kappa shape index (κ2) is 6.87. The minimum Gasteiger partial charge on any atom is -0.377 e. The van der Waals surface area contributed by atoms with Crippen molar-refractivity contribution < 1.29 is 17.9 Å². The molecule has 0 aromatic carbocycles. The zero-order chi connectivity index (χ0) is 15.3. The first-order chi connectivity index (χ1) is 9.29. The average molecular weight is 303 g/mol. The van der Waals surface area contributed by atoms with Crippen molar-refractivity contribution in [1.82, 2.24) is 9.88 Å². The van der Waals surface area contributed by atoms with Crippen LogP contribution >= 0.6 is 0 Å². The Morgan fingerprint density at radius 3 is 2.65 bits per heavy atom. The lowest BCUT2D eigenvalue weighted by Crippen LogP contribution is -2.33. The molecule has 114 valence electrons. The van der Waals surface area contributed by atoms with Gasteiger partial charge < -0.3 is 14.6 Å². The van der Waals surface area contributed by atoms with Gasteiger partial charge in [-0.05, 0) is 26.8 Å². The fourth-order valence-corrected chi connectivity index (χ4v) is 2.31. The topological polar surface area (TPSA) is 103 Å². The summed E-state index contributed by atoms with van der Waals surface area (Å²) in [6.07, 6.45) is 1.25. The zero-order valence-corrected chi connectivity index (χ0v) is 12.7. The lowest BCUT2D eigenvalue weighted by molar-refractivity contribution is 0.0691. The number of nitrogens with one attached hydrogen (secondary N) is 1. The third-order valence-corrected chi connectivity index (χ3v) is 3.65. The Bertz CT molecular complexity index is 565. The van der Waals surface area contributed by atoms with Crippen LogP contribution in [-0.2, 0) is 21.3 Å². The number of amides is 1. The normalized spacial score (nSPS) is 13.2. The van der Waals surface area contributed by atoms with Crippen LogP contribution in [0.15, 0.2) is 17.2 Å². The second-order valence-electron chi connectivity index (χ2n) is 4.37. The molecule has 20 heavy (non-hydrogen) atoms. The van der Waals surface area contributed by atoms with Gasteiger partial charge in [0.2, 0.25) is 10.0 Å². The minimum absolute atomic E-state index is 0.0673. The number of nitrogens with two attached hydrogens (primary N) is 1. The molecule has 0 aliphatic heterocycles. The quantitative estimate of drug-likeness (QED) is 0.756. The van der Waals surface area contributed by atoms with E-state index < -0.39 is 10.0 Å². The summed E-state index contributed by atoms with van der Waals surface area (Å²) in [5, 5.41) is 7.77. The minimum atomic E-state index is -3.81. The maximum absolute atomic E-state index is 12.1. The maximum atomic E-state index is 12.1. The number of carbonyl (C=O) groups is 1. The highest BCUT2D eigenvalue weighted by atomic mass is 32.2. The number of primary sulfonamides is 1. The number of ether oxygens (including phenoxy) is 1. The van der Waals surface area contributed by atoms with Gasteiger partial charge in [0, 0.05) is 25.9 Å². The molecule has 1 rings (SSSR count). The van der Waals surface area contributed by atoms with E-state index in [2.05, 4.69) is 5.32 Å². The number of rotatable bonds is 7. The molecule has 1 aromatic heterocycles. The van der Waals surface area contributed by atoms with Crippen molar-refractivity contribution in [2.45, 2.75) is 38.3 Å². The van der Waals surface area contributed by atoms with Crippen molar-refractivity contribution in [3.63, 3.8) is 0 Å². The first kappa shape index (κ1) is 16.7. The van der Waals surface area contributed by atoms with E-state index in [1.807, 2.05) is 20.8 Å². The molecule has 0 aliphatic carbocycles. The predicted octanol–water partition coefficient (Wildman–Crippen LogP) is 0.310. The molecule has 1 unspecified atom stereocenters. The molecule has 0 spiro atoms. The van der Waals surface area contributed by atoms with Gasteiger partial charge >= 0.3 is 0 Å². The van der Waals surface area contributed by atoms with Gasteiger partial charge in [0.05, 0.1) is 6.10 Å². The number of hydrogen-bond donors (Lipinski definition) is 2. The fraction of sp³-hybridized carbons (Fsp3) is 0.583. The van der Waals surface area contributed by atoms with E-state index in [0.717, 1.165) is 0 Å². The van der Waals surface area contributed by atoms with Crippen LogP contribution in [-0.4, -0.2) is 38.1 Å². The Morgan fingerprint density at radius 1 is 1.50 bits per heavy atom. The predicted molar refractivity (Wildman–Crippen MR) is 74.9 cm³/mol. The molecule has 1 heterocycles. The van der Waals surface area contributed by atoms with Crippen LogP contribution in [0.3, 0.4) is 0 Å². The van der Waals surface area contributed by atoms with Crippen LogP contribution in [0.2, 0.25) is 0 Å². The Balaban J connectivity index is 2.85. The lowest BCUT2D eigenvalue weighted by Gasteiger charge is -2.13. The summed E-state index contributed by atoms with van der Waals surface area (Å²) in [6, 6.07) is 1.28. The van der Waals surface area contributed by atoms with Crippen molar-refractivity contribution in [1.29, 1.82) is 0 Å². The van der Waals surface area contributed by atoms with Crippen molar-refractivity contribution in [3.8, 4) is 0 Å². The van der Waals surface area contributed by atoms with Gasteiger partial charge in [-0.1, -0.05) is 0 Å². The van der Waals surface area contributed by atoms with Crippen LogP contribution in [0.25, 0.3) is 0 Å². The number of sulfonamides is 1. The van der Waals surface area contributed by atoms with Crippen LogP contribution in [0.4, 0.5) is 0 Å². The van der Waals surface area contributed by atoms with E-state index in [4.69, 9.17) is 9.88 Å². The molecule has 0 saturated carbocycles. The Morgan fingerprint density at radius 2 is 2.15 bits per heavy atom. The first-order valence-electron chi connectivity index (χ1n) is 6.42. The Labute approximate surface area is 119 Å². The highest BCUT2D eigenvalue weighted by Crippen LogP contribution is 2.13. The molecule has 3 N–H and O–H groups in total. The van der Waals surface area contributed by atoms with Gasteiger partial charge in [-0.25, -0.2) is 13.6 Å². The number of carbonyl (C=O) groups excluding carboxylic acids is 1. The molecule has 0 fully saturated rings. The van der Waals surface area contributed by atoms with Crippen molar-refractivity contribution in [2.75, 3.05) is 13.2 Å². The molecule has 1 atom stereocenters. The van der Waals surface area contributed by atoms with E-state index in [1.165, 1.54) is 12.3 Å². The molecule has 0 aliphatic rings. The molecule has 8 heteroatoms. The highest BCUT2D eigenvalue weighted by molar-refractivity contribution is 7.89. The van der Waals surface area contributed by atoms with Crippen molar-refractivity contribution >= 4 is 15.9 Å². The average Bonchev–Trinajstić information content (AvgIpc) is 2.80. The van der Waals surface area contributed by atoms with E-state index in [0.29, 0.717) is 19.7 Å². The summed E-state index contributed by atoms with van der Waals surface area (Å²) in [7, 11) is -3.81. The molecular formula is C12H21N3O4S. The second-order valence-corrected chi connectivity index (χ2v) is 5.93. The molecule has 0 saturated heterocycles. The number of aryl methyl sites for hydroxylation is 1. The molecule has 1 aromatic rings. The largest absolute Gasteiger partial charge is 0.377 e. The summed E-state index contributed by atoms with van der Waals surface area (Å²) in [4.78, 5) is 12.0. The van der Waals surface area contributed by atoms with Gasteiger partial charge in [0.1, 0.15) is 10.6 Å². The Hall–Kier alpha value is -1.38. The third kappa shape index (κ3) is 4.32. The van der Waals surface area contributed by atoms with Gasteiger partial charge in [0.25, 0.3) is 5.91 Å². The lowest BCUT2D eigenvalue weighted by atomic mass is 10.3. The summed E-state index contributed by atoms with van der Waals surface area (Å²) in [5.41, 5.74) is 0.264. The van der Waals surface area contributed by atoms with Crippen LogP contribution < -0.4 is 10.5 Å². The summed E-state index contributed by atoms with van der Waals surface area (Å²) < 4.78 is 29.5. The van der Waals surface area contributed by atoms with Gasteiger partial charge in [-0.3, -0.25) is 4.79 Å². The first-order valence-corrected chi connectivity index (χ1v) is 7.97. The van der Waals surface area contributed by atoms with Crippen molar-refractivity contribution in [3.05, 3.63) is 18.0 Å². The molecule has 1 amide bonds. The zero-order valence-electron chi connectivity index (χ0n) is 11.9. The summed E-state index contributed by atoms with van der Waals surface area (Å²) in [6.45, 7) is 6.92. The van der Waals surface area contributed by atoms with Crippen LogP contribution in [0.1, 0.15) is 31.3 Å². The molecular weight excluding hydrogens is 282 g/mol. The van der Waals surface area contributed by atoms with Gasteiger partial charge in [0.15, 0.2) is 0 Å². The van der Waals surface area contributed by atoms with Crippen LogP contribution in [0, 0.1) is 0 Å². The number of hydrogen-bond acceptors (Lipinski definition) is 4. The maximum Gasteiger partial charge on any atom is 0.268 e. The monoisotopic (exact) mass is 303 g/mol. The standard InChI is InChI=1S/C12H21N3O4S/c1-4-15-8-10(20(13,17)18)6-11(15)12(16)14-7-9(3)19-5-2/h6,8-9H,4-5,7H2,1-3H3,(H,14,16)(H2,13,17,18). The van der Waals surface area contributed by atoms with Crippen molar-refractivity contribution in [2.24, 2.45) is 5.14 Å². The fourth-order valence-electron chi connectivity index (χ4n) is 1.76. The highest BCUT2D eigenvalue weighted by Gasteiger charge is 2.18. The number of aromatic nitrogens is 1. The van der Waals surface area contributed by atoms with E-state index >= 15 is 0 Å². The summed E-state index contributed by atoms with van der Waals surface area (Å²) in [5.74, 6) is -0.353. The Kier molecular flexibility index (Phi) is 5.73. The van der Waals surface area contributed by atoms with E-state index in [9.17, 15) is 13.2 Å². The smallest absolute Gasteiger partial charge is 0.268 e. The number of nitrogens with zero attached hydrogens (tertiary/aromatic N) is 1. The molecule has 7 nitrogen and oxygen atoms in total. The molecule has 0 bridgehead atoms. The summed E-state index contributed by atoms with van der Waals surface area (Å²) >= 11 is 0.